The summed E-state index contributed by atoms with van der Waals surface area (Å²) in [5, 5.41) is 19.0. The molecule has 136 valence electrons. The van der Waals surface area contributed by atoms with E-state index >= 15 is 0 Å². The third-order valence-corrected chi connectivity index (χ3v) is 4.55. The number of nitriles is 1. The van der Waals surface area contributed by atoms with Crippen molar-refractivity contribution in [1.82, 2.24) is 9.97 Å². The van der Waals surface area contributed by atoms with Crippen LogP contribution in [0.25, 0.3) is 0 Å². The van der Waals surface area contributed by atoms with Crippen molar-refractivity contribution in [3.05, 3.63) is 51.6 Å². The zero-order chi connectivity index (χ0) is 18.5. The molecule has 1 atom stereocenters. The van der Waals surface area contributed by atoms with Crippen LogP contribution >= 0.6 is 0 Å². The van der Waals surface area contributed by atoms with Gasteiger partial charge >= 0.3 is 0 Å². The minimum atomic E-state index is -0.454. The van der Waals surface area contributed by atoms with E-state index in [4.69, 9.17) is 4.74 Å². The minimum absolute atomic E-state index is 0.00723. The summed E-state index contributed by atoms with van der Waals surface area (Å²) in [5.41, 5.74) is 0.450. The Morgan fingerprint density at radius 2 is 2.27 bits per heavy atom. The second kappa shape index (κ2) is 8.02. The first-order chi connectivity index (χ1) is 12.7. The van der Waals surface area contributed by atoms with Crippen molar-refractivity contribution in [3.8, 4) is 11.8 Å². The Kier molecular flexibility index (Phi) is 5.54. The monoisotopic (exact) mass is 354 g/mol. The molecule has 0 unspecified atom stereocenters. The Labute approximate surface area is 151 Å². The molecular weight excluding hydrogens is 332 g/mol. The number of para-hydroxylation sites is 1. The number of hydrogen-bond donors (Lipinski definition) is 2. The molecule has 0 bridgehead atoms. The van der Waals surface area contributed by atoms with Gasteiger partial charge in [0.05, 0.1) is 19.3 Å². The molecule has 0 saturated carbocycles. The number of aromatic amines is 1. The molecule has 0 spiro atoms. The lowest BCUT2D eigenvalue weighted by Gasteiger charge is -2.25. The van der Waals surface area contributed by atoms with E-state index in [2.05, 4.69) is 9.97 Å². The first-order valence-electron chi connectivity index (χ1n) is 8.79. The molecular formula is C19H22N4O3. The third kappa shape index (κ3) is 3.55. The van der Waals surface area contributed by atoms with E-state index in [9.17, 15) is 15.2 Å². The van der Waals surface area contributed by atoms with Gasteiger partial charge in [0.2, 0.25) is 0 Å². The van der Waals surface area contributed by atoms with Crippen molar-refractivity contribution in [2.45, 2.75) is 32.2 Å². The van der Waals surface area contributed by atoms with Crippen LogP contribution < -0.4 is 15.2 Å². The molecule has 1 aromatic heterocycles. The number of ether oxygens (including phenoxy) is 1. The van der Waals surface area contributed by atoms with E-state index in [0.29, 0.717) is 31.2 Å². The summed E-state index contributed by atoms with van der Waals surface area (Å²) < 4.78 is 5.63. The molecule has 2 heterocycles. The summed E-state index contributed by atoms with van der Waals surface area (Å²) >= 11 is 0. The summed E-state index contributed by atoms with van der Waals surface area (Å²) in [6.45, 7) is 3.11. The van der Waals surface area contributed by atoms with Crippen LogP contribution in [-0.2, 0) is 6.42 Å². The van der Waals surface area contributed by atoms with Gasteiger partial charge in [0, 0.05) is 18.5 Å². The lowest BCUT2D eigenvalue weighted by atomic mass is 10.1. The van der Waals surface area contributed by atoms with Crippen LogP contribution in [0.1, 0.15) is 36.7 Å². The fourth-order valence-electron chi connectivity index (χ4n) is 3.33. The predicted octanol–water partition coefficient (Wildman–Crippen LogP) is 1.59. The highest BCUT2D eigenvalue weighted by molar-refractivity contribution is 5.54. The highest BCUT2D eigenvalue weighted by Gasteiger charge is 2.28. The molecule has 1 aliphatic heterocycles. The van der Waals surface area contributed by atoms with Gasteiger partial charge in [0.25, 0.3) is 5.56 Å². The van der Waals surface area contributed by atoms with Crippen LogP contribution in [0.4, 0.5) is 5.82 Å². The zero-order valence-electron chi connectivity index (χ0n) is 14.7. The van der Waals surface area contributed by atoms with Gasteiger partial charge in [-0.1, -0.05) is 18.2 Å². The van der Waals surface area contributed by atoms with Gasteiger partial charge < -0.3 is 19.7 Å². The standard InChI is InChI=1S/C19H22N4O3/c1-2-26-16-8-4-3-6-13(16)10-17-21-18(15(11-20)19(25)22-17)23-9-5-7-14(23)12-24/h3-4,6,8,14,24H,2,5,7,9-10,12H2,1H3,(H,21,22,25)/t14-/m0/s1. The summed E-state index contributed by atoms with van der Waals surface area (Å²) in [4.78, 5) is 21.5. The van der Waals surface area contributed by atoms with E-state index in [1.54, 1.807) is 0 Å². The van der Waals surface area contributed by atoms with Crippen molar-refractivity contribution in [3.63, 3.8) is 0 Å². The first kappa shape index (κ1) is 18.0. The van der Waals surface area contributed by atoms with Crippen LogP contribution in [0.15, 0.2) is 29.1 Å². The second-order valence-electron chi connectivity index (χ2n) is 6.21. The molecule has 1 aliphatic rings. The average molecular weight is 354 g/mol. The molecule has 0 amide bonds. The van der Waals surface area contributed by atoms with Crippen LogP contribution in [0.5, 0.6) is 5.75 Å². The molecule has 2 N–H and O–H groups in total. The molecule has 2 aromatic rings. The summed E-state index contributed by atoms with van der Waals surface area (Å²) in [6.07, 6.45) is 2.10. The van der Waals surface area contributed by atoms with Gasteiger partial charge in [-0.3, -0.25) is 4.79 Å². The Hall–Kier alpha value is -2.85. The Morgan fingerprint density at radius 1 is 1.46 bits per heavy atom. The number of rotatable bonds is 6. The Morgan fingerprint density at radius 3 is 3.00 bits per heavy atom. The van der Waals surface area contributed by atoms with E-state index in [1.807, 2.05) is 42.2 Å². The molecule has 7 heteroatoms. The summed E-state index contributed by atoms with van der Waals surface area (Å²) in [7, 11) is 0. The van der Waals surface area contributed by atoms with Crippen LogP contribution in [-0.4, -0.2) is 40.9 Å². The maximum Gasteiger partial charge on any atom is 0.271 e. The molecule has 1 saturated heterocycles. The normalized spacial score (nSPS) is 16.5. The van der Waals surface area contributed by atoms with E-state index in [0.717, 1.165) is 24.2 Å². The minimum Gasteiger partial charge on any atom is -0.494 e. The maximum atomic E-state index is 12.4. The smallest absolute Gasteiger partial charge is 0.271 e. The molecule has 1 aromatic carbocycles. The van der Waals surface area contributed by atoms with Crippen molar-refractivity contribution in [2.24, 2.45) is 0 Å². The van der Waals surface area contributed by atoms with Crippen LogP contribution in [0, 0.1) is 11.3 Å². The molecule has 0 radical (unpaired) electrons. The van der Waals surface area contributed by atoms with E-state index in [-0.39, 0.29) is 18.2 Å². The average Bonchev–Trinajstić information content (AvgIpc) is 3.12. The zero-order valence-corrected chi connectivity index (χ0v) is 14.7. The van der Waals surface area contributed by atoms with Gasteiger partial charge in [-0.25, -0.2) is 4.98 Å². The highest BCUT2D eigenvalue weighted by atomic mass is 16.5. The highest BCUT2D eigenvalue weighted by Crippen LogP contribution is 2.26. The number of aliphatic hydroxyl groups is 1. The maximum absolute atomic E-state index is 12.4. The SMILES string of the molecule is CCOc1ccccc1Cc1nc(N2CCC[C@H]2CO)c(C#N)c(=O)[nH]1. The van der Waals surface area contributed by atoms with Gasteiger partial charge in [-0.15, -0.1) is 0 Å². The van der Waals surface area contributed by atoms with Crippen molar-refractivity contribution in [2.75, 3.05) is 24.7 Å². The lowest BCUT2D eigenvalue weighted by molar-refractivity contribution is 0.266. The third-order valence-electron chi connectivity index (χ3n) is 4.55. The topological polar surface area (TPSA) is 102 Å². The fourth-order valence-corrected chi connectivity index (χ4v) is 3.33. The van der Waals surface area contributed by atoms with Gasteiger partial charge in [-0.05, 0) is 25.8 Å². The van der Waals surface area contributed by atoms with Crippen molar-refractivity contribution in [1.29, 1.82) is 5.26 Å². The van der Waals surface area contributed by atoms with Gasteiger partial charge in [0.15, 0.2) is 11.4 Å². The molecule has 7 nitrogen and oxygen atoms in total. The molecule has 1 fully saturated rings. The van der Waals surface area contributed by atoms with Gasteiger partial charge in [-0.2, -0.15) is 5.26 Å². The number of aliphatic hydroxyl groups excluding tert-OH is 1. The molecule has 0 aliphatic carbocycles. The molecule has 26 heavy (non-hydrogen) atoms. The van der Waals surface area contributed by atoms with E-state index in [1.165, 1.54) is 0 Å². The molecule has 3 rings (SSSR count). The van der Waals surface area contributed by atoms with Gasteiger partial charge in [0.1, 0.15) is 17.6 Å². The summed E-state index contributed by atoms with van der Waals surface area (Å²) in [6, 6.07) is 9.45. The Balaban J connectivity index is 2.00. The number of nitrogens with one attached hydrogen (secondary N) is 1. The fraction of sp³-hybridized carbons (Fsp3) is 0.421. The second-order valence-corrected chi connectivity index (χ2v) is 6.21. The largest absolute Gasteiger partial charge is 0.494 e. The lowest BCUT2D eigenvalue weighted by Crippen LogP contribution is -2.35. The number of hydrogen-bond acceptors (Lipinski definition) is 6. The van der Waals surface area contributed by atoms with Crippen molar-refractivity contribution < 1.29 is 9.84 Å². The Bertz CT molecular complexity index is 872. The number of benzene rings is 1. The number of nitrogens with zero attached hydrogens (tertiary/aromatic N) is 3. The number of aromatic nitrogens is 2. The van der Waals surface area contributed by atoms with E-state index < -0.39 is 5.56 Å². The number of anilines is 1. The first-order valence-corrected chi connectivity index (χ1v) is 8.79. The number of H-pyrrole nitrogens is 1. The van der Waals surface area contributed by atoms with Crippen LogP contribution in [0.2, 0.25) is 0 Å². The predicted molar refractivity (Wildman–Crippen MR) is 97.4 cm³/mol. The van der Waals surface area contributed by atoms with Crippen molar-refractivity contribution >= 4 is 5.82 Å². The quantitative estimate of drug-likeness (QED) is 0.817. The summed E-state index contributed by atoms with van der Waals surface area (Å²) in [5.74, 6) is 1.58. The van der Waals surface area contributed by atoms with Crippen LogP contribution in [0.3, 0.4) is 0 Å².